The second-order valence-electron chi connectivity index (χ2n) is 8.55. The lowest BCUT2D eigenvalue weighted by Crippen LogP contribution is -2.35. The highest BCUT2D eigenvalue weighted by Crippen LogP contribution is 2.48. The molecule has 33 heavy (non-hydrogen) atoms. The predicted molar refractivity (Wildman–Crippen MR) is 127 cm³/mol. The van der Waals surface area contributed by atoms with Gasteiger partial charge in [-0.3, -0.25) is 14.6 Å². The number of thiophene rings is 1. The molecule has 2 atom stereocenters. The first-order valence-corrected chi connectivity index (χ1v) is 12.0. The summed E-state index contributed by atoms with van der Waals surface area (Å²) in [5, 5.41) is 13.4. The maximum Gasteiger partial charge on any atom is 0.228 e. The fourth-order valence-electron chi connectivity index (χ4n) is 4.52. The summed E-state index contributed by atoms with van der Waals surface area (Å²) in [5.41, 5.74) is 3.62. The van der Waals surface area contributed by atoms with E-state index in [-0.39, 0.29) is 23.7 Å². The maximum absolute atomic E-state index is 12.8. The summed E-state index contributed by atoms with van der Waals surface area (Å²) < 4.78 is 0. The average molecular weight is 457 g/mol. The van der Waals surface area contributed by atoms with Crippen molar-refractivity contribution in [3.8, 4) is 6.07 Å². The van der Waals surface area contributed by atoms with Gasteiger partial charge in [0.05, 0.1) is 12.1 Å². The highest BCUT2D eigenvalue weighted by atomic mass is 32.1. The van der Waals surface area contributed by atoms with Crippen molar-refractivity contribution in [1.82, 2.24) is 9.88 Å². The minimum Gasteiger partial charge on any atom is -0.337 e. The summed E-state index contributed by atoms with van der Waals surface area (Å²) in [5.74, 6) is 0.260. The SMILES string of the molecule is N#Cc1c(NC(=O)[C@H]2C[C@H]2c2ccccc2)sc2c1CCN(C(=O)CCc1ccccn1)C2. The number of hydrogen-bond donors (Lipinski definition) is 1. The van der Waals surface area contributed by atoms with Crippen LogP contribution in [0.4, 0.5) is 5.00 Å². The first-order chi connectivity index (χ1) is 16.1. The molecule has 7 heteroatoms. The van der Waals surface area contributed by atoms with Crippen LogP contribution in [0.3, 0.4) is 0 Å². The Labute approximate surface area is 196 Å². The zero-order valence-corrected chi connectivity index (χ0v) is 19.0. The van der Waals surface area contributed by atoms with Crippen LogP contribution in [0, 0.1) is 17.2 Å². The summed E-state index contributed by atoms with van der Waals surface area (Å²) in [7, 11) is 0. The largest absolute Gasteiger partial charge is 0.337 e. The molecule has 1 aliphatic carbocycles. The molecule has 1 N–H and O–H groups in total. The van der Waals surface area contributed by atoms with E-state index >= 15 is 0 Å². The fraction of sp³-hybridized carbons (Fsp3) is 0.308. The topological polar surface area (TPSA) is 86.1 Å². The van der Waals surface area contributed by atoms with Crippen molar-refractivity contribution in [2.75, 3.05) is 11.9 Å². The van der Waals surface area contributed by atoms with Gasteiger partial charge in [0.1, 0.15) is 11.1 Å². The Hall–Kier alpha value is -3.50. The van der Waals surface area contributed by atoms with Crippen molar-refractivity contribution >= 4 is 28.2 Å². The molecular weight excluding hydrogens is 432 g/mol. The molecule has 1 fully saturated rings. The number of carbonyl (C=O) groups is 2. The number of aromatic nitrogens is 1. The third-order valence-electron chi connectivity index (χ3n) is 6.43. The smallest absolute Gasteiger partial charge is 0.228 e. The van der Waals surface area contributed by atoms with Gasteiger partial charge in [-0.15, -0.1) is 11.3 Å². The molecular formula is C26H24N4O2S. The molecule has 1 aliphatic heterocycles. The lowest BCUT2D eigenvalue weighted by atomic mass is 10.0. The number of aryl methyl sites for hydroxylation is 1. The molecule has 3 heterocycles. The molecule has 0 unspecified atom stereocenters. The third kappa shape index (κ3) is 4.53. The van der Waals surface area contributed by atoms with Crippen LogP contribution in [-0.2, 0) is 29.0 Å². The van der Waals surface area contributed by atoms with Gasteiger partial charge in [-0.2, -0.15) is 5.26 Å². The van der Waals surface area contributed by atoms with Gasteiger partial charge in [-0.05, 0) is 48.4 Å². The van der Waals surface area contributed by atoms with Gasteiger partial charge >= 0.3 is 0 Å². The van der Waals surface area contributed by atoms with E-state index in [0.717, 1.165) is 22.6 Å². The number of carbonyl (C=O) groups excluding carboxylic acids is 2. The molecule has 6 nitrogen and oxygen atoms in total. The van der Waals surface area contributed by atoms with Gasteiger partial charge in [0.2, 0.25) is 11.8 Å². The van der Waals surface area contributed by atoms with E-state index in [2.05, 4.69) is 28.5 Å². The fourth-order valence-corrected chi connectivity index (χ4v) is 5.74. The first kappa shape index (κ1) is 21.4. The highest BCUT2D eigenvalue weighted by molar-refractivity contribution is 7.16. The van der Waals surface area contributed by atoms with Crippen molar-refractivity contribution in [1.29, 1.82) is 5.26 Å². The number of amides is 2. The Balaban J connectivity index is 1.23. The minimum absolute atomic E-state index is 0.0257. The van der Waals surface area contributed by atoms with Crippen LogP contribution in [0.5, 0.6) is 0 Å². The normalized spacial score (nSPS) is 18.8. The lowest BCUT2D eigenvalue weighted by Gasteiger charge is -2.27. The molecule has 0 saturated heterocycles. The molecule has 166 valence electrons. The summed E-state index contributed by atoms with van der Waals surface area (Å²) in [6, 6.07) is 18.1. The highest BCUT2D eigenvalue weighted by Gasteiger charge is 2.44. The molecule has 2 aliphatic rings. The van der Waals surface area contributed by atoms with Gasteiger partial charge in [0, 0.05) is 35.7 Å². The monoisotopic (exact) mass is 456 g/mol. The number of rotatable bonds is 6. The lowest BCUT2D eigenvalue weighted by molar-refractivity contribution is -0.132. The third-order valence-corrected chi connectivity index (χ3v) is 7.57. The number of fused-ring (bicyclic) bond motifs is 1. The van der Waals surface area contributed by atoms with E-state index in [4.69, 9.17) is 0 Å². The van der Waals surface area contributed by atoms with Crippen molar-refractivity contribution in [2.45, 2.75) is 38.1 Å². The molecule has 0 radical (unpaired) electrons. The number of anilines is 1. The van der Waals surface area contributed by atoms with Crippen molar-refractivity contribution in [3.63, 3.8) is 0 Å². The number of nitrogens with zero attached hydrogens (tertiary/aromatic N) is 3. The molecule has 1 aromatic carbocycles. The van der Waals surface area contributed by atoms with Crippen LogP contribution in [-0.4, -0.2) is 28.2 Å². The zero-order chi connectivity index (χ0) is 22.8. The summed E-state index contributed by atoms with van der Waals surface area (Å²) in [6.45, 7) is 1.08. The summed E-state index contributed by atoms with van der Waals surface area (Å²) in [6.07, 6.45) is 4.23. The summed E-state index contributed by atoms with van der Waals surface area (Å²) in [4.78, 5) is 32.7. The quantitative estimate of drug-likeness (QED) is 0.600. The van der Waals surface area contributed by atoms with Crippen LogP contribution in [0.2, 0.25) is 0 Å². The van der Waals surface area contributed by atoms with Crippen LogP contribution >= 0.6 is 11.3 Å². The molecule has 5 rings (SSSR count). The number of hydrogen-bond acceptors (Lipinski definition) is 5. The second kappa shape index (κ2) is 9.16. The van der Waals surface area contributed by atoms with Crippen molar-refractivity contribution < 1.29 is 9.59 Å². The number of pyridine rings is 1. The Kier molecular flexibility index (Phi) is 5.93. The Morgan fingerprint density at radius 1 is 1.18 bits per heavy atom. The standard InChI is InChI=1S/C26H24N4O2S/c27-15-22-19-11-13-30(24(31)10-9-18-8-4-5-12-28-18)16-23(19)33-26(22)29-25(32)21-14-20(21)17-6-2-1-3-7-17/h1-8,12,20-21H,9-11,13-14,16H2,(H,29,32)/t20-,21-/m0/s1. The zero-order valence-electron chi connectivity index (χ0n) is 18.2. The molecule has 0 bridgehead atoms. The van der Waals surface area contributed by atoms with E-state index in [0.29, 0.717) is 42.9 Å². The molecule has 2 aromatic heterocycles. The van der Waals surface area contributed by atoms with Crippen molar-refractivity contribution in [2.24, 2.45) is 5.92 Å². The van der Waals surface area contributed by atoms with E-state index in [1.165, 1.54) is 16.9 Å². The minimum atomic E-state index is -0.0530. The van der Waals surface area contributed by atoms with Gasteiger partial charge in [0.15, 0.2) is 0 Å². The van der Waals surface area contributed by atoms with E-state index in [1.54, 1.807) is 6.20 Å². The van der Waals surface area contributed by atoms with Gasteiger partial charge in [0.25, 0.3) is 0 Å². The first-order valence-electron chi connectivity index (χ1n) is 11.2. The van der Waals surface area contributed by atoms with Crippen LogP contribution in [0.25, 0.3) is 0 Å². The van der Waals surface area contributed by atoms with E-state index < -0.39 is 0 Å². The van der Waals surface area contributed by atoms with Crippen molar-refractivity contribution in [3.05, 3.63) is 82.0 Å². The molecule has 3 aromatic rings. The Morgan fingerprint density at radius 3 is 2.76 bits per heavy atom. The molecule has 2 amide bonds. The van der Waals surface area contributed by atoms with E-state index in [1.807, 2.05) is 41.3 Å². The molecule has 0 spiro atoms. The van der Waals surface area contributed by atoms with Crippen LogP contribution < -0.4 is 5.32 Å². The number of benzene rings is 1. The Bertz CT molecular complexity index is 1220. The predicted octanol–water partition coefficient (Wildman–Crippen LogP) is 4.27. The van der Waals surface area contributed by atoms with Gasteiger partial charge < -0.3 is 10.2 Å². The van der Waals surface area contributed by atoms with E-state index in [9.17, 15) is 14.9 Å². The summed E-state index contributed by atoms with van der Waals surface area (Å²) >= 11 is 1.43. The van der Waals surface area contributed by atoms with Crippen LogP contribution in [0.1, 0.15) is 46.0 Å². The second-order valence-corrected chi connectivity index (χ2v) is 9.66. The number of nitriles is 1. The Morgan fingerprint density at radius 2 is 2.00 bits per heavy atom. The number of nitrogens with one attached hydrogen (secondary N) is 1. The van der Waals surface area contributed by atoms with Gasteiger partial charge in [-0.25, -0.2) is 0 Å². The maximum atomic E-state index is 12.8. The molecule has 1 saturated carbocycles. The average Bonchev–Trinajstić information content (AvgIpc) is 3.59. The van der Waals surface area contributed by atoms with Gasteiger partial charge in [-0.1, -0.05) is 36.4 Å². The van der Waals surface area contributed by atoms with Crippen LogP contribution in [0.15, 0.2) is 54.7 Å².